The van der Waals surface area contributed by atoms with Crippen LogP contribution in [0, 0.1) is 18.8 Å². The fraction of sp³-hybridized carbons (Fsp3) is 0.739. The average molecular weight is 333 g/mol. The zero-order valence-corrected chi connectivity index (χ0v) is 18.0. The smallest absolute Gasteiger partial charge is 0.123 e. The van der Waals surface area contributed by atoms with Gasteiger partial charge in [0, 0.05) is 11.1 Å². The van der Waals surface area contributed by atoms with Gasteiger partial charge in [0.2, 0.25) is 0 Å². The first-order chi connectivity index (χ1) is 10.7. The Bertz CT molecular complexity index is 529. The van der Waals surface area contributed by atoms with Crippen LogP contribution >= 0.6 is 0 Å². The van der Waals surface area contributed by atoms with Crippen LogP contribution in [0.4, 0.5) is 0 Å². The van der Waals surface area contributed by atoms with Gasteiger partial charge in [0.1, 0.15) is 5.75 Å². The molecule has 0 aliphatic carbocycles. The number of phenols is 1. The van der Waals surface area contributed by atoms with Crippen molar-refractivity contribution in [2.45, 2.75) is 99.8 Å². The second-order valence-corrected chi connectivity index (χ2v) is 10.4. The normalized spacial score (nSPS) is 13.2. The molecule has 1 aromatic rings. The third-order valence-corrected chi connectivity index (χ3v) is 4.71. The molecule has 1 heteroatoms. The maximum absolute atomic E-state index is 11.4. The van der Waals surface area contributed by atoms with E-state index in [9.17, 15) is 5.11 Å². The van der Waals surface area contributed by atoms with Crippen molar-refractivity contribution >= 4 is 0 Å². The predicted octanol–water partition coefficient (Wildman–Crippen LogP) is 6.69. The molecule has 0 saturated heterocycles. The summed E-state index contributed by atoms with van der Waals surface area (Å²) in [5.41, 5.74) is 6.35. The first-order valence-corrected chi connectivity index (χ1v) is 9.56. The van der Waals surface area contributed by atoms with Crippen LogP contribution in [0.2, 0.25) is 0 Å². The Morgan fingerprint density at radius 3 is 1.21 bits per heavy atom. The van der Waals surface area contributed by atoms with Gasteiger partial charge in [-0.25, -0.2) is 0 Å². The molecule has 1 rings (SSSR count). The van der Waals surface area contributed by atoms with Crippen LogP contribution < -0.4 is 0 Å². The largest absolute Gasteiger partial charge is 0.507 e. The number of hydrogen-bond donors (Lipinski definition) is 1. The summed E-state index contributed by atoms with van der Waals surface area (Å²) in [4.78, 5) is 0. The van der Waals surface area contributed by atoms with E-state index >= 15 is 0 Å². The lowest BCUT2D eigenvalue weighted by Gasteiger charge is -2.34. The summed E-state index contributed by atoms with van der Waals surface area (Å²) in [6.45, 7) is 24.7. The second kappa shape index (κ2) is 7.10. The van der Waals surface area contributed by atoms with Gasteiger partial charge in [-0.05, 0) is 59.1 Å². The summed E-state index contributed by atoms with van der Waals surface area (Å²) < 4.78 is 0. The minimum absolute atomic E-state index is 0.0601. The number of rotatable bonds is 4. The number of hydrogen-bond acceptors (Lipinski definition) is 1. The minimum atomic E-state index is -0.0601. The maximum Gasteiger partial charge on any atom is 0.123 e. The van der Waals surface area contributed by atoms with E-state index in [2.05, 4.69) is 76.2 Å². The molecule has 0 atom stereocenters. The summed E-state index contributed by atoms with van der Waals surface area (Å²) in [6.07, 6.45) is 2.06. The molecule has 0 aliphatic heterocycles. The van der Waals surface area contributed by atoms with Crippen molar-refractivity contribution in [3.63, 3.8) is 0 Å². The van der Waals surface area contributed by atoms with E-state index in [1.807, 2.05) is 0 Å². The lowest BCUT2D eigenvalue weighted by molar-refractivity contribution is 0.415. The SMILES string of the molecule is Cc1c(CC(C)C)c(C(C)(C)C)c(O)c(C(C)(C)C)c1CC(C)C. The van der Waals surface area contributed by atoms with Crippen molar-refractivity contribution in [1.82, 2.24) is 0 Å². The predicted molar refractivity (Wildman–Crippen MR) is 107 cm³/mol. The summed E-state index contributed by atoms with van der Waals surface area (Å²) >= 11 is 0. The highest BCUT2D eigenvalue weighted by Gasteiger charge is 2.33. The van der Waals surface area contributed by atoms with E-state index in [1.54, 1.807) is 0 Å². The fourth-order valence-corrected chi connectivity index (χ4v) is 3.91. The fourth-order valence-electron chi connectivity index (χ4n) is 3.91. The molecule has 0 bridgehead atoms. The highest BCUT2D eigenvalue weighted by atomic mass is 16.3. The Morgan fingerprint density at radius 1 is 0.708 bits per heavy atom. The second-order valence-electron chi connectivity index (χ2n) is 10.4. The molecule has 0 spiro atoms. The molecule has 0 amide bonds. The maximum atomic E-state index is 11.4. The monoisotopic (exact) mass is 332 g/mol. The van der Waals surface area contributed by atoms with Gasteiger partial charge in [-0.15, -0.1) is 0 Å². The van der Waals surface area contributed by atoms with Crippen LogP contribution in [0.5, 0.6) is 5.75 Å². The Hall–Kier alpha value is -0.980. The van der Waals surface area contributed by atoms with E-state index in [1.165, 1.54) is 16.7 Å². The van der Waals surface area contributed by atoms with Crippen LogP contribution in [-0.2, 0) is 23.7 Å². The van der Waals surface area contributed by atoms with E-state index in [-0.39, 0.29) is 10.8 Å². The van der Waals surface area contributed by atoms with E-state index in [0.717, 1.165) is 24.0 Å². The lowest BCUT2D eigenvalue weighted by Crippen LogP contribution is -2.24. The third kappa shape index (κ3) is 4.55. The molecule has 0 saturated carbocycles. The highest BCUT2D eigenvalue weighted by Crippen LogP contribution is 2.46. The van der Waals surface area contributed by atoms with Crippen LogP contribution in [-0.4, -0.2) is 5.11 Å². The van der Waals surface area contributed by atoms with Gasteiger partial charge in [-0.1, -0.05) is 69.2 Å². The standard InChI is InChI=1S/C23H40O/c1-14(2)12-17-16(5)18(13-15(3)4)20(23(9,10)11)21(24)19(17)22(6,7)8/h14-15,24H,12-13H2,1-11H3. The summed E-state index contributed by atoms with van der Waals surface area (Å²) in [6, 6.07) is 0. The van der Waals surface area contributed by atoms with E-state index in [4.69, 9.17) is 0 Å². The Kier molecular flexibility index (Phi) is 6.23. The van der Waals surface area contributed by atoms with E-state index in [0.29, 0.717) is 17.6 Å². The molecule has 0 fully saturated rings. The zero-order valence-electron chi connectivity index (χ0n) is 18.0. The quantitative estimate of drug-likeness (QED) is 0.651. The number of aromatic hydroxyl groups is 1. The van der Waals surface area contributed by atoms with Crippen LogP contribution in [0.1, 0.15) is 97.1 Å². The van der Waals surface area contributed by atoms with Gasteiger partial charge >= 0.3 is 0 Å². The molecule has 0 heterocycles. The van der Waals surface area contributed by atoms with E-state index < -0.39 is 0 Å². The van der Waals surface area contributed by atoms with Gasteiger partial charge in [0.15, 0.2) is 0 Å². The minimum Gasteiger partial charge on any atom is -0.507 e. The first kappa shape index (κ1) is 21.1. The van der Waals surface area contributed by atoms with Gasteiger partial charge in [0.25, 0.3) is 0 Å². The van der Waals surface area contributed by atoms with Crippen molar-refractivity contribution in [3.8, 4) is 5.75 Å². The lowest BCUT2D eigenvalue weighted by atomic mass is 9.71. The van der Waals surface area contributed by atoms with Crippen molar-refractivity contribution in [1.29, 1.82) is 0 Å². The van der Waals surface area contributed by atoms with Crippen LogP contribution in [0.15, 0.2) is 0 Å². The topological polar surface area (TPSA) is 20.2 Å². The molecule has 1 nitrogen and oxygen atoms in total. The van der Waals surface area contributed by atoms with Gasteiger partial charge in [-0.2, -0.15) is 0 Å². The summed E-state index contributed by atoms with van der Waals surface area (Å²) in [5, 5.41) is 11.4. The third-order valence-electron chi connectivity index (χ3n) is 4.71. The van der Waals surface area contributed by atoms with Crippen molar-refractivity contribution in [2.75, 3.05) is 0 Å². The summed E-state index contributed by atoms with van der Waals surface area (Å²) in [7, 11) is 0. The van der Waals surface area contributed by atoms with Crippen molar-refractivity contribution in [2.24, 2.45) is 11.8 Å². The van der Waals surface area contributed by atoms with Crippen LogP contribution in [0.3, 0.4) is 0 Å². The highest BCUT2D eigenvalue weighted by molar-refractivity contribution is 5.59. The Morgan fingerprint density at radius 2 is 1.00 bits per heavy atom. The molecule has 0 aliphatic rings. The van der Waals surface area contributed by atoms with Crippen molar-refractivity contribution < 1.29 is 5.11 Å². The molecule has 0 aromatic heterocycles. The van der Waals surface area contributed by atoms with Gasteiger partial charge in [-0.3, -0.25) is 0 Å². The van der Waals surface area contributed by atoms with Crippen molar-refractivity contribution in [3.05, 3.63) is 27.8 Å². The molecule has 1 aromatic carbocycles. The molecule has 24 heavy (non-hydrogen) atoms. The Labute approximate surface area is 150 Å². The molecule has 0 unspecified atom stereocenters. The van der Waals surface area contributed by atoms with Crippen LogP contribution in [0.25, 0.3) is 0 Å². The Balaban J connectivity index is 3.94. The molecule has 0 radical (unpaired) electrons. The summed E-state index contributed by atoms with van der Waals surface area (Å²) in [5.74, 6) is 1.71. The first-order valence-electron chi connectivity index (χ1n) is 9.56. The zero-order chi connectivity index (χ0) is 19.0. The molecule has 138 valence electrons. The average Bonchev–Trinajstić information content (AvgIpc) is 2.30. The van der Waals surface area contributed by atoms with Gasteiger partial charge in [0.05, 0.1) is 0 Å². The molecule has 1 N–H and O–H groups in total. The number of benzene rings is 1. The number of phenolic OH excluding ortho intramolecular Hbond substituents is 1. The van der Waals surface area contributed by atoms with Gasteiger partial charge < -0.3 is 5.11 Å². The molecular formula is C23H40O. The molecular weight excluding hydrogens is 292 g/mol.